The van der Waals surface area contributed by atoms with Crippen LogP contribution in [0.4, 0.5) is 11.6 Å². The van der Waals surface area contributed by atoms with Crippen molar-refractivity contribution in [2.75, 3.05) is 32.5 Å². The van der Waals surface area contributed by atoms with Crippen molar-refractivity contribution in [1.82, 2.24) is 19.6 Å². The molecule has 1 aromatic carbocycles. The van der Waals surface area contributed by atoms with E-state index in [4.69, 9.17) is 0 Å². The van der Waals surface area contributed by atoms with E-state index in [1.807, 2.05) is 41.9 Å². The number of rotatable bonds is 8. The summed E-state index contributed by atoms with van der Waals surface area (Å²) in [6.07, 6.45) is 1.69. The van der Waals surface area contributed by atoms with Gasteiger partial charge >= 0.3 is 0 Å². The molecule has 0 spiro atoms. The zero-order valence-corrected chi connectivity index (χ0v) is 16.7. The van der Waals surface area contributed by atoms with Crippen LogP contribution in [-0.2, 0) is 10.0 Å². The van der Waals surface area contributed by atoms with Gasteiger partial charge in [0.15, 0.2) is 0 Å². The topological polar surface area (TPSA) is 87.2 Å². The van der Waals surface area contributed by atoms with Crippen LogP contribution in [0.15, 0.2) is 58.3 Å². The van der Waals surface area contributed by atoms with E-state index in [0.717, 1.165) is 11.3 Å². The van der Waals surface area contributed by atoms with Crippen LogP contribution >= 0.6 is 11.3 Å². The van der Waals surface area contributed by atoms with Crippen molar-refractivity contribution in [2.45, 2.75) is 4.90 Å². The fourth-order valence-electron chi connectivity index (χ4n) is 2.32. The van der Waals surface area contributed by atoms with Gasteiger partial charge in [0, 0.05) is 35.9 Å². The van der Waals surface area contributed by atoms with Crippen LogP contribution < -0.4 is 10.0 Å². The van der Waals surface area contributed by atoms with Crippen molar-refractivity contribution >= 4 is 33.0 Å². The number of thiophene rings is 1. The van der Waals surface area contributed by atoms with E-state index in [9.17, 15) is 8.42 Å². The quantitative estimate of drug-likeness (QED) is 0.601. The molecule has 2 N–H and O–H groups in total. The maximum Gasteiger partial charge on any atom is 0.240 e. The van der Waals surface area contributed by atoms with Crippen molar-refractivity contribution in [1.29, 1.82) is 0 Å². The van der Waals surface area contributed by atoms with Crippen LogP contribution in [0.25, 0.3) is 11.3 Å². The summed E-state index contributed by atoms with van der Waals surface area (Å²) in [6, 6.07) is 10.4. The van der Waals surface area contributed by atoms with Gasteiger partial charge in [0.05, 0.1) is 10.6 Å². The Morgan fingerprint density at radius 2 is 1.89 bits per heavy atom. The first-order chi connectivity index (χ1) is 12.9. The molecule has 3 rings (SSSR count). The van der Waals surface area contributed by atoms with Gasteiger partial charge in [0.2, 0.25) is 16.0 Å². The van der Waals surface area contributed by atoms with E-state index in [0.29, 0.717) is 24.7 Å². The molecule has 0 aliphatic heterocycles. The molecule has 27 heavy (non-hydrogen) atoms. The summed E-state index contributed by atoms with van der Waals surface area (Å²) < 4.78 is 27.2. The molecule has 0 saturated heterocycles. The highest BCUT2D eigenvalue weighted by molar-refractivity contribution is 7.89. The van der Waals surface area contributed by atoms with Crippen molar-refractivity contribution < 1.29 is 8.42 Å². The standard InChI is InChI=1S/C18H21N5O2S2/c1-23(2)11-10-20-27(24,25)16-5-3-15(4-6-16)21-18-19-9-7-17(22-18)14-8-12-26-13-14/h3-9,12-13,20H,10-11H2,1-2H3,(H,19,21,22). The van der Waals surface area contributed by atoms with Gasteiger partial charge < -0.3 is 10.2 Å². The van der Waals surface area contributed by atoms with E-state index >= 15 is 0 Å². The summed E-state index contributed by atoms with van der Waals surface area (Å²) in [5, 5.41) is 7.12. The molecule has 9 heteroatoms. The molecule has 0 radical (unpaired) electrons. The fraction of sp³-hybridized carbons (Fsp3) is 0.222. The molecule has 0 aliphatic carbocycles. The second kappa shape index (κ2) is 8.57. The van der Waals surface area contributed by atoms with E-state index in [1.54, 1.807) is 41.8 Å². The Bertz CT molecular complexity index is 971. The van der Waals surface area contributed by atoms with Crippen LogP contribution in [0, 0.1) is 0 Å². The monoisotopic (exact) mass is 403 g/mol. The predicted octanol–water partition coefficient (Wildman–Crippen LogP) is 2.79. The summed E-state index contributed by atoms with van der Waals surface area (Å²) in [4.78, 5) is 10.8. The van der Waals surface area contributed by atoms with E-state index in [1.165, 1.54) is 0 Å². The van der Waals surface area contributed by atoms with Gasteiger partial charge in [-0.1, -0.05) is 0 Å². The molecule has 0 bridgehead atoms. The summed E-state index contributed by atoms with van der Waals surface area (Å²) in [5.74, 6) is 0.457. The summed E-state index contributed by atoms with van der Waals surface area (Å²) in [5.41, 5.74) is 2.58. The van der Waals surface area contributed by atoms with Crippen LogP contribution in [0.5, 0.6) is 0 Å². The Labute approximate surface area is 163 Å². The Morgan fingerprint density at radius 3 is 2.56 bits per heavy atom. The molecule has 0 aliphatic rings. The maximum atomic E-state index is 12.3. The first-order valence-electron chi connectivity index (χ1n) is 8.31. The number of nitrogens with zero attached hydrogens (tertiary/aromatic N) is 3. The number of nitrogens with one attached hydrogen (secondary N) is 2. The molecule has 7 nitrogen and oxygen atoms in total. The number of sulfonamides is 1. The average Bonchev–Trinajstić information content (AvgIpc) is 3.17. The van der Waals surface area contributed by atoms with E-state index < -0.39 is 10.0 Å². The van der Waals surface area contributed by atoms with Gasteiger partial charge in [-0.25, -0.2) is 23.1 Å². The van der Waals surface area contributed by atoms with Crippen LogP contribution in [-0.4, -0.2) is 50.5 Å². The second-order valence-corrected chi connectivity index (χ2v) is 8.67. The van der Waals surface area contributed by atoms with Crippen molar-refractivity contribution in [3.8, 4) is 11.3 Å². The van der Waals surface area contributed by atoms with Gasteiger partial charge in [-0.2, -0.15) is 11.3 Å². The first-order valence-corrected chi connectivity index (χ1v) is 10.7. The maximum absolute atomic E-state index is 12.3. The lowest BCUT2D eigenvalue weighted by Crippen LogP contribution is -2.31. The smallest absolute Gasteiger partial charge is 0.240 e. The summed E-state index contributed by atoms with van der Waals surface area (Å²) >= 11 is 1.61. The minimum Gasteiger partial charge on any atom is -0.324 e. The minimum atomic E-state index is -3.52. The third kappa shape index (κ3) is 5.33. The van der Waals surface area contributed by atoms with Gasteiger partial charge in [-0.05, 0) is 55.9 Å². The SMILES string of the molecule is CN(C)CCNS(=O)(=O)c1ccc(Nc2nccc(-c3ccsc3)n2)cc1. The fourth-order valence-corrected chi connectivity index (χ4v) is 3.99. The highest BCUT2D eigenvalue weighted by Gasteiger charge is 2.13. The second-order valence-electron chi connectivity index (χ2n) is 6.13. The lowest BCUT2D eigenvalue weighted by atomic mass is 10.2. The summed E-state index contributed by atoms with van der Waals surface area (Å²) in [7, 11) is 0.270. The Kier molecular flexibility index (Phi) is 6.17. The molecule has 2 heterocycles. The lowest BCUT2D eigenvalue weighted by Gasteiger charge is -2.11. The molecule has 142 valence electrons. The van der Waals surface area contributed by atoms with Crippen molar-refractivity contribution in [2.24, 2.45) is 0 Å². The van der Waals surface area contributed by atoms with E-state index in [-0.39, 0.29) is 4.90 Å². The van der Waals surface area contributed by atoms with Gasteiger partial charge in [-0.3, -0.25) is 0 Å². The third-order valence-electron chi connectivity index (χ3n) is 3.74. The molecule has 0 atom stereocenters. The van der Waals surface area contributed by atoms with Crippen LogP contribution in [0.2, 0.25) is 0 Å². The number of likely N-dealkylation sites (N-methyl/N-ethyl adjacent to an activating group) is 1. The molecule has 2 aromatic heterocycles. The Hall–Kier alpha value is -2.33. The number of hydrogen-bond acceptors (Lipinski definition) is 7. The van der Waals surface area contributed by atoms with Crippen molar-refractivity contribution in [3.05, 3.63) is 53.4 Å². The van der Waals surface area contributed by atoms with Gasteiger partial charge in [0.1, 0.15) is 0 Å². The van der Waals surface area contributed by atoms with Gasteiger partial charge in [-0.15, -0.1) is 0 Å². The molecule has 0 unspecified atom stereocenters. The third-order valence-corrected chi connectivity index (χ3v) is 5.90. The van der Waals surface area contributed by atoms with Crippen LogP contribution in [0.3, 0.4) is 0 Å². The molecule has 0 amide bonds. The zero-order chi connectivity index (χ0) is 19.3. The largest absolute Gasteiger partial charge is 0.324 e. The lowest BCUT2D eigenvalue weighted by molar-refractivity contribution is 0.412. The molecule has 0 fully saturated rings. The normalized spacial score (nSPS) is 11.7. The highest BCUT2D eigenvalue weighted by Crippen LogP contribution is 2.22. The minimum absolute atomic E-state index is 0.222. The number of benzene rings is 1. The van der Waals surface area contributed by atoms with Gasteiger partial charge in [0.25, 0.3) is 0 Å². The first kappa shape index (κ1) is 19.4. The molecule has 0 saturated carbocycles. The number of aromatic nitrogens is 2. The predicted molar refractivity (Wildman–Crippen MR) is 109 cm³/mol. The average molecular weight is 404 g/mol. The highest BCUT2D eigenvalue weighted by atomic mass is 32.2. The van der Waals surface area contributed by atoms with E-state index in [2.05, 4.69) is 20.0 Å². The molecule has 3 aromatic rings. The number of hydrogen-bond donors (Lipinski definition) is 2. The summed E-state index contributed by atoms with van der Waals surface area (Å²) in [6.45, 7) is 0.995. The van der Waals surface area contributed by atoms with Crippen LogP contribution in [0.1, 0.15) is 0 Å². The Balaban J connectivity index is 1.68. The zero-order valence-electron chi connectivity index (χ0n) is 15.1. The number of anilines is 2. The van der Waals surface area contributed by atoms with Crippen molar-refractivity contribution in [3.63, 3.8) is 0 Å². The molecular formula is C18H21N5O2S2. The molecular weight excluding hydrogens is 382 g/mol. The Morgan fingerprint density at radius 1 is 1.11 bits per heavy atom.